The second kappa shape index (κ2) is 16.4. The molecule has 0 atom stereocenters. The van der Waals surface area contributed by atoms with Crippen LogP contribution in [0.2, 0.25) is 0 Å². The molecule has 1 heterocycles. The molecule has 25 heavy (non-hydrogen) atoms. The van der Waals surface area contributed by atoms with Crippen molar-refractivity contribution in [2.75, 3.05) is 0 Å². The summed E-state index contributed by atoms with van der Waals surface area (Å²) < 4.78 is 2.14. The molecule has 0 fully saturated rings. The zero-order valence-electron chi connectivity index (χ0n) is 17.1. The molecule has 0 aliphatic carbocycles. The Hall–Kier alpha value is -1.05. The number of hydrogen-bond acceptors (Lipinski definition) is 0. The smallest absolute Gasteiger partial charge is 0.247 e. The fourth-order valence-corrected chi connectivity index (χ4v) is 3.41. The zero-order valence-corrected chi connectivity index (χ0v) is 17.1. The highest BCUT2D eigenvalue weighted by atomic mass is 15.0. The van der Waals surface area contributed by atoms with Gasteiger partial charge in [0.15, 0.2) is 0 Å². The molecule has 0 aliphatic rings. The molecular formula is C23H43N2+. The number of aryl methyl sites for hydroxylation is 1. The van der Waals surface area contributed by atoms with Crippen LogP contribution in [-0.2, 0) is 0 Å². The Labute approximate surface area is 157 Å². The number of imidazole rings is 1. The maximum Gasteiger partial charge on any atom is 0.255 e. The summed E-state index contributed by atoms with van der Waals surface area (Å²) in [6.07, 6.45) is 31.3. The van der Waals surface area contributed by atoms with Gasteiger partial charge in [0.05, 0.1) is 6.20 Å². The number of nitrogens with one attached hydrogen (secondary N) is 1. The van der Waals surface area contributed by atoms with Gasteiger partial charge in [0.2, 0.25) is 0 Å². The van der Waals surface area contributed by atoms with Crippen LogP contribution >= 0.6 is 0 Å². The average molecular weight is 348 g/mol. The highest BCUT2D eigenvalue weighted by Gasteiger charge is 1.98. The molecule has 0 amide bonds. The molecule has 2 nitrogen and oxygen atoms in total. The van der Waals surface area contributed by atoms with Gasteiger partial charge in [-0.15, -0.1) is 0 Å². The Balaban J connectivity index is 1.75. The second-order valence-corrected chi connectivity index (χ2v) is 7.58. The number of rotatable bonds is 17. The van der Waals surface area contributed by atoms with Crippen LogP contribution in [0, 0.1) is 6.92 Å². The van der Waals surface area contributed by atoms with Crippen molar-refractivity contribution >= 4 is 6.20 Å². The van der Waals surface area contributed by atoms with E-state index in [1.165, 1.54) is 109 Å². The summed E-state index contributed by atoms with van der Waals surface area (Å²) in [5.41, 5.74) is 0. The summed E-state index contributed by atoms with van der Waals surface area (Å²) in [5, 5.41) is 0. The third-order valence-corrected chi connectivity index (χ3v) is 5.16. The van der Waals surface area contributed by atoms with Crippen LogP contribution in [0.25, 0.3) is 6.20 Å². The summed E-state index contributed by atoms with van der Waals surface area (Å²) >= 11 is 0. The Morgan fingerprint density at radius 2 is 1.24 bits per heavy atom. The second-order valence-electron chi connectivity index (χ2n) is 7.58. The maximum absolute atomic E-state index is 3.19. The van der Waals surface area contributed by atoms with Gasteiger partial charge in [0.25, 0.3) is 5.82 Å². The van der Waals surface area contributed by atoms with E-state index in [2.05, 4.69) is 41.9 Å². The van der Waals surface area contributed by atoms with Crippen LogP contribution < -0.4 is 4.57 Å². The van der Waals surface area contributed by atoms with Crippen molar-refractivity contribution < 1.29 is 4.57 Å². The summed E-state index contributed by atoms with van der Waals surface area (Å²) in [6, 6.07) is 0. The molecule has 1 rings (SSSR count). The molecule has 0 aliphatic heterocycles. The number of aromatic amines is 1. The van der Waals surface area contributed by atoms with Gasteiger partial charge in [0, 0.05) is 6.92 Å². The highest BCUT2D eigenvalue weighted by molar-refractivity contribution is 5.06. The molecular weight excluding hydrogens is 304 g/mol. The third kappa shape index (κ3) is 12.9. The van der Waals surface area contributed by atoms with Crippen molar-refractivity contribution in [3.8, 4) is 0 Å². The molecule has 0 bridgehead atoms. The standard InChI is InChI=1S/C23H42N2/c1-3-4-5-6-7-8-9-10-11-12-13-14-15-16-17-18-19-21-25-22-20-24-23(25)2/h19-22H,3-18H2,1-2H3/p+1. The van der Waals surface area contributed by atoms with E-state index in [1.807, 2.05) is 6.20 Å². The first kappa shape index (κ1) is 22.0. The number of nitrogens with zero attached hydrogens (tertiary/aromatic N) is 1. The molecule has 1 N–H and O–H groups in total. The lowest BCUT2D eigenvalue weighted by Gasteiger charge is -2.03. The summed E-state index contributed by atoms with van der Waals surface area (Å²) in [5.74, 6) is 1.19. The van der Waals surface area contributed by atoms with E-state index in [4.69, 9.17) is 0 Å². The normalized spacial score (nSPS) is 11.6. The van der Waals surface area contributed by atoms with Gasteiger partial charge < -0.3 is 0 Å². The lowest BCUT2D eigenvalue weighted by atomic mass is 10.0. The van der Waals surface area contributed by atoms with Gasteiger partial charge in [-0.3, -0.25) is 0 Å². The number of allylic oxidation sites excluding steroid dienone is 1. The molecule has 144 valence electrons. The summed E-state index contributed by atoms with van der Waals surface area (Å²) in [6.45, 7) is 4.39. The molecule has 2 heteroatoms. The van der Waals surface area contributed by atoms with Gasteiger partial charge >= 0.3 is 0 Å². The van der Waals surface area contributed by atoms with E-state index in [1.54, 1.807) is 0 Å². The fraction of sp³-hybridized carbons (Fsp3) is 0.783. The molecule has 1 aromatic rings. The van der Waals surface area contributed by atoms with Gasteiger partial charge in [-0.25, -0.2) is 9.55 Å². The minimum Gasteiger partial charge on any atom is -0.247 e. The largest absolute Gasteiger partial charge is 0.255 e. The van der Waals surface area contributed by atoms with Crippen molar-refractivity contribution in [1.82, 2.24) is 4.98 Å². The molecule has 1 aromatic heterocycles. The van der Waals surface area contributed by atoms with E-state index in [0.717, 1.165) is 0 Å². The molecule has 0 radical (unpaired) electrons. The predicted molar refractivity (Wildman–Crippen MR) is 111 cm³/mol. The first-order valence-electron chi connectivity index (χ1n) is 11.1. The van der Waals surface area contributed by atoms with Crippen LogP contribution in [0.15, 0.2) is 18.5 Å². The van der Waals surface area contributed by atoms with E-state index in [-0.39, 0.29) is 0 Å². The van der Waals surface area contributed by atoms with E-state index < -0.39 is 0 Å². The Bertz CT molecular complexity index is 419. The Morgan fingerprint density at radius 1 is 0.760 bits per heavy atom. The highest BCUT2D eigenvalue weighted by Crippen LogP contribution is 2.13. The third-order valence-electron chi connectivity index (χ3n) is 5.16. The molecule has 0 spiro atoms. The van der Waals surface area contributed by atoms with Gasteiger partial charge in [-0.05, 0) is 18.9 Å². The first-order valence-corrected chi connectivity index (χ1v) is 11.1. The van der Waals surface area contributed by atoms with E-state index in [9.17, 15) is 0 Å². The Kier molecular flexibility index (Phi) is 14.4. The van der Waals surface area contributed by atoms with Crippen molar-refractivity contribution in [1.29, 1.82) is 0 Å². The first-order chi connectivity index (χ1) is 12.3. The molecule has 0 unspecified atom stereocenters. The van der Waals surface area contributed by atoms with Crippen molar-refractivity contribution in [2.45, 2.75) is 117 Å². The van der Waals surface area contributed by atoms with Crippen molar-refractivity contribution in [3.05, 3.63) is 24.3 Å². The van der Waals surface area contributed by atoms with Crippen LogP contribution in [0.1, 0.15) is 115 Å². The number of aromatic nitrogens is 2. The number of unbranched alkanes of at least 4 members (excludes halogenated alkanes) is 15. The van der Waals surface area contributed by atoms with E-state index >= 15 is 0 Å². The molecule has 0 saturated carbocycles. The van der Waals surface area contributed by atoms with Crippen LogP contribution in [0.5, 0.6) is 0 Å². The fourth-order valence-electron chi connectivity index (χ4n) is 3.41. The van der Waals surface area contributed by atoms with E-state index in [0.29, 0.717) is 0 Å². The molecule has 0 saturated heterocycles. The monoisotopic (exact) mass is 347 g/mol. The minimum atomic E-state index is 1.19. The lowest BCUT2D eigenvalue weighted by Crippen LogP contribution is -2.26. The summed E-state index contributed by atoms with van der Waals surface area (Å²) in [7, 11) is 0. The quantitative estimate of drug-likeness (QED) is 0.224. The van der Waals surface area contributed by atoms with Crippen molar-refractivity contribution in [2.24, 2.45) is 0 Å². The van der Waals surface area contributed by atoms with Crippen LogP contribution in [0.3, 0.4) is 0 Å². The number of hydrogen-bond donors (Lipinski definition) is 1. The zero-order chi connectivity index (χ0) is 18.0. The topological polar surface area (TPSA) is 19.7 Å². The van der Waals surface area contributed by atoms with Crippen LogP contribution in [-0.4, -0.2) is 4.98 Å². The van der Waals surface area contributed by atoms with Gasteiger partial charge in [0.1, 0.15) is 12.4 Å². The summed E-state index contributed by atoms with van der Waals surface area (Å²) in [4.78, 5) is 3.19. The molecule has 0 aromatic carbocycles. The number of H-pyrrole nitrogens is 1. The Morgan fingerprint density at radius 3 is 1.68 bits per heavy atom. The maximum atomic E-state index is 3.19. The van der Waals surface area contributed by atoms with Gasteiger partial charge in [-0.1, -0.05) is 96.8 Å². The lowest BCUT2D eigenvalue weighted by molar-refractivity contribution is -0.574. The van der Waals surface area contributed by atoms with Gasteiger partial charge in [-0.2, -0.15) is 0 Å². The minimum absolute atomic E-state index is 1.19. The van der Waals surface area contributed by atoms with Crippen LogP contribution in [0.4, 0.5) is 0 Å². The average Bonchev–Trinajstić information content (AvgIpc) is 3.02. The predicted octanol–water partition coefficient (Wildman–Crippen LogP) is 7.34. The van der Waals surface area contributed by atoms with Crippen molar-refractivity contribution in [3.63, 3.8) is 0 Å². The SMILES string of the molecule is CCCCCCCCCCCCCCCCCC=C[n+]1cc[nH]c1C.